The van der Waals surface area contributed by atoms with Crippen LogP contribution in [0.15, 0.2) is 58.3 Å². The Morgan fingerprint density at radius 3 is 2.47 bits per heavy atom. The third-order valence-electron chi connectivity index (χ3n) is 5.98. The summed E-state index contributed by atoms with van der Waals surface area (Å²) < 4.78 is 1.51. The van der Waals surface area contributed by atoms with Crippen molar-refractivity contribution in [2.45, 2.75) is 39.5 Å². The highest BCUT2D eigenvalue weighted by Crippen LogP contribution is 2.30. The van der Waals surface area contributed by atoms with E-state index in [1.54, 1.807) is 6.92 Å². The predicted molar refractivity (Wildman–Crippen MR) is 128 cm³/mol. The topological polar surface area (TPSA) is 119 Å². The molecule has 2 aromatic heterocycles. The number of carbonyl (C=O) groups excluding carboxylic acids is 1. The maximum Gasteiger partial charge on any atom is 0.279 e. The molecule has 0 atom stereocenters. The van der Waals surface area contributed by atoms with Gasteiger partial charge < -0.3 is 0 Å². The summed E-state index contributed by atoms with van der Waals surface area (Å²) in [7, 11) is 0. The highest BCUT2D eigenvalue weighted by Gasteiger charge is 2.27. The number of aromatic amines is 1. The molecule has 0 unspecified atom stereocenters. The molecule has 0 aliphatic carbocycles. The van der Waals surface area contributed by atoms with Gasteiger partial charge in [-0.05, 0) is 41.7 Å². The van der Waals surface area contributed by atoms with E-state index in [1.165, 1.54) is 4.57 Å². The molecule has 1 N–H and O–H groups in total. The molecule has 34 heavy (non-hydrogen) atoms. The number of hydrogen-bond acceptors (Lipinski definition) is 7. The van der Waals surface area contributed by atoms with Crippen LogP contribution in [0.1, 0.15) is 48.3 Å². The van der Waals surface area contributed by atoms with Gasteiger partial charge in [0.1, 0.15) is 5.71 Å². The molecule has 9 nitrogen and oxygen atoms in total. The molecular weight excluding hydrogens is 430 g/mol. The van der Waals surface area contributed by atoms with Gasteiger partial charge in [0, 0.05) is 23.2 Å². The van der Waals surface area contributed by atoms with E-state index in [-0.39, 0.29) is 17.4 Å². The van der Waals surface area contributed by atoms with Crippen LogP contribution >= 0.6 is 0 Å². The maximum absolute atomic E-state index is 12.9. The molecule has 0 radical (unpaired) electrons. The summed E-state index contributed by atoms with van der Waals surface area (Å²) in [6.07, 6.45) is 2.84. The quantitative estimate of drug-likeness (QED) is 0.455. The van der Waals surface area contributed by atoms with Gasteiger partial charge in [0.25, 0.3) is 11.5 Å². The Bertz CT molecular complexity index is 1450. The van der Waals surface area contributed by atoms with Gasteiger partial charge in [0.2, 0.25) is 11.8 Å². The zero-order chi connectivity index (χ0) is 23.7. The monoisotopic (exact) mass is 453 g/mol. The molecule has 4 aromatic rings. The van der Waals surface area contributed by atoms with Crippen LogP contribution in [-0.2, 0) is 12.8 Å². The molecule has 0 saturated carbocycles. The molecule has 1 aliphatic rings. The van der Waals surface area contributed by atoms with Gasteiger partial charge in [-0.25, -0.2) is 9.56 Å². The summed E-state index contributed by atoms with van der Waals surface area (Å²) in [6.45, 7) is 3.73. The van der Waals surface area contributed by atoms with E-state index in [4.69, 9.17) is 0 Å². The smallest absolute Gasteiger partial charge is 0.267 e. The highest BCUT2D eigenvalue weighted by molar-refractivity contribution is 6.41. The van der Waals surface area contributed by atoms with Crippen LogP contribution in [-0.4, -0.2) is 41.8 Å². The molecule has 3 heterocycles. The van der Waals surface area contributed by atoms with E-state index in [0.29, 0.717) is 35.6 Å². The number of unbranched alkanes of at least 4 members (excludes halogenated alkanes) is 1. The van der Waals surface area contributed by atoms with Crippen LogP contribution in [0.3, 0.4) is 0 Å². The third-order valence-corrected chi connectivity index (χ3v) is 5.98. The van der Waals surface area contributed by atoms with Crippen molar-refractivity contribution in [3.8, 4) is 22.5 Å². The predicted octanol–water partition coefficient (Wildman–Crippen LogP) is 3.77. The van der Waals surface area contributed by atoms with E-state index < -0.39 is 0 Å². The average molecular weight is 454 g/mol. The Balaban J connectivity index is 1.49. The number of hydrogen-bond donors (Lipinski definition) is 1. The lowest BCUT2D eigenvalue weighted by atomic mass is 9.96. The van der Waals surface area contributed by atoms with Crippen LogP contribution in [0.25, 0.3) is 22.5 Å². The fraction of sp³-hybridized carbons (Fsp3) is 0.240. The molecule has 1 aliphatic heterocycles. The number of tetrazole rings is 1. The fourth-order valence-electron chi connectivity index (χ4n) is 4.23. The van der Waals surface area contributed by atoms with E-state index >= 15 is 0 Å². The second-order valence-corrected chi connectivity index (χ2v) is 8.24. The number of benzene rings is 2. The first-order chi connectivity index (χ1) is 16.6. The van der Waals surface area contributed by atoms with Gasteiger partial charge >= 0.3 is 0 Å². The van der Waals surface area contributed by atoms with Crippen molar-refractivity contribution in [2.24, 2.45) is 4.99 Å². The lowest BCUT2D eigenvalue weighted by molar-refractivity contribution is 0.0992. The Morgan fingerprint density at radius 2 is 1.76 bits per heavy atom. The van der Waals surface area contributed by atoms with E-state index in [1.807, 2.05) is 48.5 Å². The van der Waals surface area contributed by atoms with E-state index in [9.17, 15) is 9.59 Å². The van der Waals surface area contributed by atoms with Crippen molar-refractivity contribution in [1.82, 2.24) is 30.2 Å². The van der Waals surface area contributed by atoms with Crippen molar-refractivity contribution in [2.75, 3.05) is 0 Å². The summed E-state index contributed by atoms with van der Waals surface area (Å²) in [5, 5.41) is 14.4. The first-order valence-corrected chi connectivity index (χ1v) is 11.2. The summed E-state index contributed by atoms with van der Waals surface area (Å²) in [6, 6.07) is 15.9. The molecule has 9 heteroatoms. The molecule has 5 rings (SSSR count). The van der Waals surface area contributed by atoms with Crippen molar-refractivity contribution in [3.05, 3.63) is 75.7 Å². The minimum atomic E-state index is -0.324. The molecule has 0 saturated heterocycles. The number of aliphatic imine (C=N–C) groups is 1. The molecule has 0 amide bonds. The normalized spacial score (nSPS) is 12.6. The van der Waals surface area contributed by atoms with Crippen LogP contribution in [0.4, 0.5) is 5.95 Å². The largest absolute Gasteiger partial charge is 0.279 e. The van der Waals surface area contributed by atoms with Gasteiger partial charge in [-0.3, -0.25) is 9.59 Å². The Morgan fingerprint density at radius 1 is 1.00 bits per heavy atom. The summed E-state index contributed by atoms with van der Waals surface area (Å²) >= 11 is 0. The average Bonchev–Trinajstić information content (AvgIpc) is 3.48. The first-order valence-electron chi connectivity index (χ1n) is 11.2. The summed E-state index contributed by atoms with van der Waals surface area (Å²) in [4.78, 5) is 33.9. The SMILES string of the molecule is CCCCc1c(Cc2ccc(-c3ccccc3-c3nn[nH]n3)cc2)c(=O)nc2n1C(=O)C(C)=N2. The van der Waals surface area contributed by atoms with Gasteiger partial charge in [-0.1, -0.05) is 61.9 Å². The van der Waals surface area contributed by atoms with Gasteiger partial charge in [-0.15, -0.1) is 10.2 Å². The number of fused-ring (bicyclic) bond motifs is 1. The summed E-state index contributed by atoms with van der Waals surface area (Å²) in [5.74, 6) is 0.513. The lowest BCUT2D eigenvalue weighted by Gasteiger charge is -2.14. The van der Waals surface area contributed by atoms with E-state index in [2.05, 4.69) is 37.5 Å². The zero-order valence-corrected chi connectivity index (χ0v) is 18.9. The number of rotatable bonds is 7. The molecule has 0 bridgehead atoms. The Hall–Kier alpha value is -4.27. The second-order valence-electron chi connectivity index (χ2n) is 8.24. The lowest BCUT2D eigenvalue weighted by Crippen LogP contribution is -2.26. The standard InChI is InChI=1S/C25H23N7O2/c1-3-4-9-21-20(23(33)27-25-26-15(2)24(34)32(21)25)14-16-10-12-17(13-11-16)18-7-5-6-8-19(18)22-28-30-31-29-22/h5-8,10-13H,3-4,9,14H2,1-2H3,(H,28,29,30,31). The van der Waals surface area contributed by atoms with Gasteiger partial charge in [-0.2, -0.15) is 10.2 Å². The van der Waals surface area contributed by atoms with Crippen molar-refractivity contribution in [3.63, 3.8) is 0 Å². The third kappa shape index (κ3) is 3.85. The minimum Gasteiger partial charge on any atom is -0.267 e. The molecule has 0 fully saturated rings. The Kier molecular flexibility index (Phi) is 5.67. The fourth-order valence-corrected chi connectivity index (χ4v) is 4.23. The highest BCUT2D eigenvalue weighted by atomic mass is 16.2. The molecule has 0 spiro atoms. The maximum atomic E-state index is 12.9. The second kappa shape index (κ2) is 8.93. The number of carbonyl (C=O) groups is 1. The van der Waals surface area contributed by atoms with Crippen molar-refractivity contribution in [1.29, 1.82) is 0 Å². The molecular formula is C25H23N7O2. The van der Waals surface area contributed by atoms with E-state index in [0.717, 1.165) is 35.1 Å². The number of nitrogens with one attached hydrogen (secondary N) is 1. The van der Waals surface area contributed by atoms with Gasteiger partial charge in [0.05, 0.1) is 0 Å². The first kappa shape index (κ1) is 21.6. The minimum absolute atomic E-state index is 0.191. The van der Waals surface area contributed by atoms with Crippen molar-refractivity contribution < 1.29 is 4.79 Å². The van der Waals surface area contributed by atoms with Crippen LogP contribution in [0.5, 0.6) is 0 Å². The Labute approximate surface area is 195 Å². The van der Waals surface area contributed by atoms with Crippen LogP contribution in [0.2, 0.25) is 0 Å². The number of nitrogens with zero attached hydrogens (tertiary/aromatic N) is 6. The zero-order valence-electron chi connectivity index (χ0n) is 18.9. The molecule has 170 valence electrons. The van der Waals surface area contributed by atoms with Crippen LogP contribution in [0, 0.1) is 0 Å². The van der Waals surface area contributed by atoms with Gasteiger partial charge in [0.15, 0.2) is 0 Å². The molecule has 2 aromatic carbocycles. The number of aromatic nitrogens is 6. The summed E-state index contributed by atoms with van der Waals surface area (Å²) in [5.41, 5.74) is 5.11. The van der Waals surface area contributed by atoms with Crippen molar-refractivity contribution >= 4 is 17.6 Å². The number of H-pyrrole nitrogens is 1. The van der Waals surface area contributed by atoms with Crippen LogP contribution < -0.4 is 5.56 Å².